The van der Waals surface area contributed by atoms with Gasteiger partial charge in [0.2, 0.25) is 11.0 Å². The van der Waals surface area contributed by atoms with Crippen molar-refractivity contribution in [2.45, 2.75) is 4.34 Å². The number of carbonyl (C=O) groups is 3. The minimum absolute atomic E-state index is 0.0802. The quantitative estimate of drug-likeness (QED) is 0.206. The maximum atomic E-state index is 12.9. The van der Waals surface area contributed by atoms with Crippen LogP contribution < -0.4 is 10.6 Å². The third-order valence-corrected chi connectivity index (χ3v) is 6.50. The number of halogens is 1. The molecule has 10 heteroatoms. The van der Waals surface area contributed by atoms with Crippen molar-refractivity contribution in [3.05, 3.63) is 101 Å². The number of nitrogens with one attached hydrogen (secondary N) is 2. The van der Waals surface area contributed by atoms with Gasteiger partial charge in [-0.3, -0.25) is 19.7 Å². The maximum absolute atomic E-state index is 12.9. The average molecular weight is 493 g/mol. The van der Waals surface area contributed by atoms with E-state index in [0.717, 1.165) is 11.3 Å². The molecule has 0 saturated carbocycles. The van der Waals surface area contributed by atoms with Crippen molar-refractivity contribution in [2.24, 2.45) is 0 Å². The first kappa shape index (κ1) is 23.3. The number of aromatic nitrogens is 2. The molecular weight excluding hydrogens is 475 g/mol. The van der Waals surface area contributed by atoms with E-state index in [0.29, 0.717) is 26.7 Å². The minimum Gasteiger partial charge on any atom is -0.325 e. The van der Waals surface area contributed by atoms with Gasteiger partial charge >= 0.3 is 0 Å². The van der Waals surface area contributed by atoms with Gasteiger partial charge in [-0.2, -0.15) is 0 Å². The number of thioether (sulfide) groups is 1. The van der Waals surface area contributed by atoms with Crippen LogP contribution in [0.5, 0.6) is 0 Å². The first-order valence-corrected chi connectivity index (χ1v) is 11.8. The van der Waals surface area contributed by atoms with Gasteiger partial charge < -0.3 is 5.32 Å². The summed E-state index contributed by atoms with van der Waals surface area (Å²) in [6.07, 6.45) is 0. The zero-order valence-electron chi connectivity index (χ0n) is 17.5. The van der Waals surface area contributed by atoms with E-state index < -0.39 is 0 Å². The van der Waals surface area contributed by atoms with Crippen LogP contribution in [0.15, 0.2) is 83.2 Å². The predicted octanol–water partition coefficient (Wildman–Crippen LogP) is 4.89. The molecule has 0 spiro atoms. The van der Waals surface area contributed by atoms with Gasteiger partial charge in [-0.15, -0.1) is 10.2 Å². The third kappa shape index (κ3) is 6.12. The summed E-state index contributed by atoms with van der Waals surface area (Å²) in [6, 6.07) is 20.7. The first-order valence-electron chi connectivity index (χ1n) is 10.0. The largest absolute Gasteiger partial charge is 0.325 e. The van der Waals surface area contributed by atoms with Crippen molar-refractivity contribution >= 4 is 51.5 Å². The Kier molecular flexibility index (Phi) is 7.41. The van der Waals surface area contributed by atoms with Gasteiger partial charge in [0.15, 0.2) is 10.1 Å². The fourth-order valence-electron chi connectivity index (χ4n) is 2.87. The van der Waals surface area contributed by atoms with Gasteiger partial charge in [0.05, 0.1) is 5.75 Å². The predicted molar refractivity (Wildman–Crippen MR) is 130 cm³/mol. The van der Waals surface area contributed by atoms with Crippen molar-refractivity contribution in [3.8, 4) is 0 Å². The van der Waals surface area contributed by atoms with Crippen LogP contribution in [-0.4, -0.2) is 33.5 Å². The zero-order valence-corrected chi connectivity index (χ0v) is 19.2. The van der Waals surface area contributed by atoms with Crippen LogP contribution in [0.2, 0.25) is 0 Å². The van der Waals surface area contributed by atoms with Crippen molar-refractivity contribution in [1.82, 2.24) is 10.2 Å². The normalized spacial score (nSPS) is 10.5. The number of rotatable bonds is 8. The molecule has 1 heterocycles. The smallest absolute Gasteiger partial charge is 0.257 e. The Balaban J connectivity index is 1.29. The number of hydrogen-bond donors (Lipinski definition) is 2. The van der Waals surface area contributed by atoms with Crippen LogP contribution in [0.25, 0.3) is 0 Å². The molecule has 34 heavy (non-hydrogen) atoms. The van der Waals surface area contributed by atoms with Crippen molar-refractivity contribution < 1.29 is 18.8 Å². The van der Waals surface area contributed by atoms with E-state index in [-0.39, 0.29) is 34.3 Å². The van der Waals surface area contributed by atoms with Crippen LogP contribution in [0.1, 0.15) is 26.3 Å². The molecule has 0 aliphatic carbocycles. The van der Waals surface area contributed by atoms with Crippen LogP contribution in [-0.2, 0) is 4.79 Å². The molecule has 0 radical (unpaired) electrons. The highest BCUT2D eigenvalue weighted by molar-refractivity contribution is 8.01. The number of nitrogens with zero attached hydrogens (tertiary/aromatic N) is 2. The standard InChI is InChI=1S/C24H17FN4O3S2/c25-18-10-12-19(13-11-18)26-20(30)14-33-24-29-28-23(34-24)27-22(32)17-8-6-16(7-9-17)21(31)15-4-2-1-3-5-15/h1-13H,14H2,(H,26,30)(H,27,28,32). The van der Waals surface area contributed by atoms with Gasteiger partial charge in [-0.05, 0) is 36.4 Å². The first-order chi connectivity index (χ1) is 16.5. The lowest BCUT2D eigenvalue weighted by atomic mass is 10.0. The molecule has 2 amide bonds. The number of ketones is 1. The Morgan fingerprint density at radius 3 is 2.15 bits per heavy atom. The van der Waals surface area contributed by atoms with E-state index in [2.05, 4.69) is 20.8 Å². The number of benzene rings is 3. The summed E-state index contributed by atoms with van der Waals surface area (Å²) < 4.78 is 13.4. The second-order valence-electron chi connectivity index (χ2n) is 6.94. The molecular formula is C24H17FN4O3S2. The SMILES string of the molecule is O=C(CSc1nnc(NC(=O)c2ccc(C(=O)c3ccccc3)cc2)s1)Nc1ccc(F)cc1. The Labute approximate surface area is 202 Å². The number of carbonyl (C=O) groups excluding carboxylic acids is 3. The van der Waals surface area contributed by atoms with Gasteiger partial charge in [0.1, 0.15) is 5.82 Å². The van der Waals surface area contributed by atoms with Crippen LogP contribution in [0.4, 0.5) is 15.2 Å². The van der Waals surface area contributed by atoms with E-state index in [1.54, 1.807) is 48.5 Å². The van der Waals surface area contributed by atoms with Crippen molar-refractivity contribution in [1.29, 1.82) is 0 Å². The molecule has 0 unspecified atom stereocenters. The van der Waals surface area contributed by atoms with E-state index in [4.69, 9.17) is 0 Å². The maximum Gasteiger partial charge on any atom is 0.257 e. The molecule has 4 aromatic rings. The minimum atomic E-state index is -0.388. The fraction of sp³-hybridized carbons (Fsp3) is 0.0417. The van der Waals surface area contributed by atoms with E-state index in [9.17, 15) is 18.8 Å². The molecule has 0 saturated heterocycles. The molecule has 4 rings (SSSR count). The fourth-order valence-corrected chi connectivity index (χ4v) is 4.42. The van der Waals surface area contributed by atoms with E-state index >= 15 is 0 Å². The molecule has 1 aromatic heterocycles. The topological polar surface area (TPSA) is 101 Å². The van der Waals surface area contributed by atoms with Crippen LogP contribution in [0.3, 0.4) is 0 Å². The molecule has 3 aromatic carbocycles. The average Bonchev–Trinajstić information content (AvgIpc) is 3.31. The number of anilines is 2. The molecule has 170 valence electrons. The number of hydrogen-bond acceptors (Lipinski definition) is 7. The van der Waals surface area contributed by atoms with E-state index in [1.807, 2.05) is 6.07 Å². The molecule has 2 N–H and O–H groups in total. The molecule has 0 aliphatic heterocycles. The van der Waals surface area contributed by atoms with Gasteiger partial charge in [0, 0.05) is 22.4 Å². The molecule has 0 aliphatic rings. The summed E-state index contributed by atoms with van der Waals surface area (Å²) in [5.74, 6) is -1.09. The summed E-state index contributed by atoms with van der Waals surface area (Å²) in [7, 11) is 0. The molecule has 0 atom stereocenters. The molecule has 7 nitrogen and oxygen atoms in total. The van der Waals surface area contributed by atoms with Crippen LogP contribution in [0, 0.1) is 5.82 Å². The van der Waals surface area contributed by atoms with Crippen molar-refractivity contribution in [3.63, 3.8) is 0 Å². The lowest BCUT2D eigenvalue weighted by Crippen LogP contribution is -2.13. The van der Waals surface area contributed by atoms with Gasteiger partial charge in [-0.1, -0.05) is 65.6 Å². The lowest BCUT2D eigenvalue weighted by molar-refractivity contribution is -0.113. The summed E-state index contributed by atoms with van der Waals surface area (Å²) in [5, 5.41) is 13.5. The summed E-state index contributed by atoms with van der Waals surface area (Å²) >= 11 is 2.30. The molecule has 0 bridgehead atoms. The second-order valence-corrected chi connectivity index (χ2v) is 9.14. The lowest BCUT2D eigenvalue weighted by Gasteiger charge is -2.04. The highest BCUT2D eigenvalue weighted by atomic mass is 32.2. The monoisotopic (exact) mass is 492 g/mol. The van der Waals surface area contributed by atoms with E-state index in [1.165, 1.54) is 36.0 Å². The summed E-state index contributed by atoms with van der Waals surface area (Å²) in [6.45, 7) is 0. The summed E-state index contributed by atoms with van der Waals surface area (Å²) in [4.78, 5) is 37.0. The second kappa shape index (κ2) is 10.8. The summed E-state index contributed by atoms with van der Waals surface area (Å²) in [5.41, 5.74) is 1.92. The zero-order chi connectivity index (χ0) is 23.9. The Morgan fingerprint density at radius 1 is 0.794 bits per heavy atom. The molecule has 0 fully saturated rings. The Bertz CT molecular complexity index is 1310. The van der Waals surface area contributed by atoms with Crippen LogP contribution >= 0.6 is 23.1 Å². The highest BCUT2D eigenvalue weighted by Gasteiger charge is 2.14. The van der Waals surface area contributed by atoms with Gasteiger partial charge in [0.25, 0.3) is 5.91 Å². The Hall–Kier alpha value is -3.89. The van der Waals surface area contributed by atoms with Crippen molar-refractivity contribution in [2.75, 3.05) is 16.4 Å². The third-order valence-electron chi connectivity index (χ3n) is 4.53. The number of amides is 2. The van der Waals surface area contributed by atoms with Gasteiger partial charge in [-0.25, -0.2) is 4.39 Å². The highest BCUT2D eigenvalue weighted by Crippen LogP contribution is 2.26. The Morgan fingerprint density at radius 2 is 1.44 bits per heavy atom.